The van der Waals surface area contributed by atoms with Crippen LogP contribution in [-0.2, 0) is 106 Å². The van der Waals surface area contributed by atoms with Gasteiger partial charge in [0, 0.05) is 153 Å². The Labute approximate surface area is 916 Å². The van der Waals surface area contributed by atoms with Gasteiger partial charge in [-0.15, -0.1) is 144 Å². The smallest absolute Gasteiger partial charge is 0.0602 e. The normalized spacial score (nSPS) is 14.0. The Morgan fingerprint density at radius 2 is 0.472 bits per heavy atom. The van der Waals surface area contributed by atoms with Crippen LogP contribution < -0.4 is 0 Å². The Bertz CT molecular complexity index is 6570. The number of hydrogen-bond donors (Lipinski definition) is 0. The zero-order valence-electron chi connectivity index (χ0n) is 87.8. The van der Waals surface area contributed by atoms with Crippen molar-refractivity contribution in [3.8, 4) is 113 Å². The summed E-state index contributed by atoms with van der Waals surface area (Å²) in [4.78, 5) is 19.2. The van der Waals surface area contributed by atoms with Crippen LogP contribution in [0, 0.1) is 75.6 Å². The minimum absolute atomic E-state index is 0. The van der Waals surface area contributed by atoms with E-state index >= 15 is 0 Å². The number of nitrogens with zero attached hydrogens (tertiary/aromatic N) is 8. The monoisotopic (exact) mass is 2620 g/mol. The van der Waals surface area contributed by atoms with E-state index in [0.717, 1.165) is 71.2 Å². The van der Waals surface area contributed by atoms with Crippen LogP contribution in [0.25, 0.3) is 113 Å². The quantitative estimate of drug-likeness (QED) is 0.0507. The summed E-state index contributed by atoms with van der Waals surface area (Å²) in [6.45, 7) is 36.3. The van der Waals surface area contributed by atoms with Crippen molar-refractivity contribution in [1.82, 2.24) is 38.2 Å². The van der Waals surface area contributed by atoms with Gasteiger partial charge in [0.15, 0.2) is 0 Å². The molecule has 0 bridgehead atoms. The molecule has 756 valence electrons. The Morgan fingerprint density at radius 3 is 0.708 bits per heavy atom. The summed E-state index contributed by atoms with van der Waals surface area (Å²) in [5.74, 6) is 9.66. The van der Waals surface area contributed by atoms with E-state index < -0.39 is 0 Å². The fourth-order valence-corrected chi connectivity index (χ4v) is 22.9. The van der Waals surface area contributed by atoms with Crippen molar-refractivity contribution in [2.45, 2.75) is 288 Å². The van der Waals surface area contributed by atoms with E-state index in [1.165, 1.54) is 261 Å². The fourth-order valence-electron chi connectivity index (χ4n) is 22.9. The number of aryl methyl sites for hydroxylation is 4. The zero-order chi connectivity index (χ0) is 97.5. The summed E-state index contributed by atoms with van der Waals surface area (Å²) in [5.41, 5.74) is 40.0. The second-order valence-corrected chi connectivity index (χ2v) is 43.2. The van der Waals surface area contributed by atoms with Crippen molar-refractivity contribution in [3.05, 3.63) is 382 Å². The van der Waals surface area contributed by atoms with E-state index in [1.54, 1.807) is 0 Å². The molecule has 0 spiro atoms. The van der Waals surface area contributed by atoms with Gasteiger partial charge in [-0.2, -0.15) is 0 Å². The van der Waals surface area contributed by atoms with E-state index in [9.17, 15) is 0 Å². The molecule has 0 amide bonds. The number of benzene rings is 12. The Morgan fingerprint density at radius 1 is 0.250 bits per heavy atom. The van der Waals surface area contributed by atoms with Crippen LogP contribution in [-0.4, -0.2) is 38.2 Å². The van der Waals surface area contributed by atoms with Gasteiger partial charge >= 0.3 is 0 Å². The molecule has 4 saturated carbocycles. The minimum Gasteiger partial charge on any atom is -0.340 e. The van der Waals surface area contributed by atoms with Crippen LogP contribution in [0.3, 0.4) is 0 Å². The molecule has 0 aliphatic heterocycles. The Balaban J connectivity index is 0.000000160. The third kappa shape index (κ3) is 27.3. The maximum atomic E-state index is 4.87. The second kappa shape index (κ2) is 52.6. The third-order valence-corrected chi connectivity index (χ3v) is 29.3. The molecule has 4 fully saturated rings. The molecule has 16 aromatic rings. The van der Waals surface area contributed by atoms with Crippen LogP contribution in [0.1, 0.15) is 312 Å². The van der Waals surface area contributed by atoms with E-state index in [1.807, 2.05) is 73.3 Å². The van der Waals surface area contributed by atoms with Gasteiger partial charge in [0.05, 0.1) is 23.3 Å². The predicted molar refractivity (Wildman–Crippen MR) is 588 cm³/mol. The molecule has 4 radical (unpaired) electrons. The molecule has 4 aliphatic carbocycles. The zero-order valence-corrected chi connectivity index (χ0v) is 97.4. The summed E-state index contributed by atoms with van der Waals surface area (Å²) in [6, 6.07) is 98.4. The first-order valence-corrected chi connectivity index (χ1v) is 53.1. The molecule has 20 rings (SSSR count). The van der Waals surface area contributed by atoms with E-state index in [0.29, 0.717) is 59.2 Å². The molecule has 8 nitrogen and oxygen atoms in total. The summed E-state index contributed by atoms with van der Waals surface area (Å²) < 4.78 is 9.36. The van der Waals surface area contributed by atoms with Gasteiger partial charge in [0.25, 0.3) is 0 Å². The molecule has 12 heteroatoms. The van der Waals surface area contributed by atoms with E-state index in [2.05, 4.69) is 360 Å². The van der Waals surface area contributed by atoms with Crippen molar-refractivity contribution in [2.24, 2.45) is 23.7 Å². The second-order valence-electron chi connectivity index (χ2n) is 43.2. The summed E-state index contributed by atoms with van der Waals surface area (Å²) >= 11 is 0. The first-order chi connectivity index (χ1) is 68.0. The molecule has 0 saturated heterocycles. The standard InChI is InChI=1S/C35H39N2.C34H37N2.C32H37N2.C31H35N2.4Ir/c1-25-20-26(2)22-30(21-25)31-23-32(27-12-6-3-7-13-27)34(33(24-31)28-14-8-4-9-15-28)37-19-18-36-35(37)29-16-10-5-11-17-29;1-24(2)25-16-18-26(19-17-25)30-22-31(27-10-6-7-11-27)33(32(23-30)28-12-8-9-13-28)36-21-20-35-34(36)29-14-4-3-5-15-29;1-22(2)18-29-20-28(26-14-12-25(13-15-26)24(5)6)21-30(19-23(3)4)31(29)34-17-16-33-32(34)27-10-8-7-9-11-27;1-21(2)14-28-19-27(26-17-23(5)16-24(6)18-26)20-29(15-22(3)4)30(28)33-13-12-32-31(33)25-10-8-7-9-11-25;;;;/h5,10-11,16,18-24,27-28H,3-4,6-9,12-15H2,1-2H3;3-5,14,16-24,27-28H,6-13H2,1-2H3;7-10,12-17,20-24H,18-19H2,1-6H3;7-10,12-13,16-22H,14-15H2,1-6H3;;;;/q4*-1;;;;. The van der Waals surface area contributed by atoms with Gasteiger partial charge in [0.2, 0.25) is 0 Å². The van der Waals surface area contributed by atoms with E-state index in [4.69, 9.17) is 19.9 Å². The van der Waals surface area contributed by atoms with Gasteiger partial charge in [-0.3, -0.25) is 19.9 Å². The number of imidazole rings is 4. The van der Waals surface area contributed by atoms with Crippen molar-refractivity contribution in [1.29, 1.82) is 0 Å². The maximum Gasteiger partial charge on any atom is 0.0602 e. The average molecular weight is 2620 g/mol. The topological polar surface area (TPSA) is 71.3 Å². The number of hydrogen-bond acceptors (Lipinski definition) is 4. The van der Waals surface area contributed by atoms with Crippen LogP contribution in [0.5, 0.6) is 0 Å². The minimum atomic E-state index is 0. The molecule has 12 aromatic carbocycles. The third-order valence-electron chi connectivity index (χ3n) is 29.3. The van der Waals surface area contributed by atoms with Gasteiger partial charge in [-0.25, -0.2) is 0 Å². The SMILES string of the molecule is CC(C)Cc1cc(-c2ccc(C(C)C)cc2)cc(CC(C)C)c1-n1ccnc1-c1[c-]cccc1.CC(C)c1ccc(-c2cc(C3CCCC3)c(-n3ccnc3-c3[c-]cccc3)c(C3CCCC3)c2)cc1.Cc1cc(C)cc(-c2cc(C3CCCCC3)c(-n3ccnc3-c3[c-]cccc3)c(C3CCCCC3)c2)c1.Cc1cc(C)cc(-c2cc(CC(C)C)c(-n3ccnc3-c3[c-]cccc3)c(CC(C)C)c2)c1.[Ir].[Ir].[Ir].[Ir]. The summed E-state index contributed by atoms with van der Waals surface area (Å²) in [6.07, 6.45) is 44.1. The predicted octanol–water partition coefficient (Wildman–Crippen LogP) is 35.7. The molecule has 144 heavy (non-hydrogen) atoms. The van der Waals surface area contributed by atoms with Crippen molar-refractivity contribution in [2.75, 3.05) is 0 Å². The molecule has 4 aromatic heterocycles. The first-order valence-electron chi connectivity index (χ1n) is 53.1. The molecule has 4 aliphatic rings. The van der Waals surface area contributed by atoms with Crippen LogP contribution in [0.4, 0.5) is 0 Å². The molecule has 4 heterocycles. The van der Waals surface area contributed by atoms with E-state index in [-0.39, 0.29) is 80.4 Å². The molecule has 0 N–H and O–H groups in total. The fraction of sp³-hybridized carbons (Fsp3) is 0.364. The number of aromatic nitrogens is 8. The average Bonchev–Trinajstić information content (AvgIpc) is 1.45. The van der Waals surface area contributed by atoms with Gasteiger partial charge in [0.1, 0.15) is 0 Å². The van der Waals surface area contributed by atoms with Crippen molar-refractivity contribution >= 4 is 0 Å². The van der Waals surface area contributed by atoms with Crippen molar-refractivity contribution < 1.29 is 80.4 Å². The molecule has 0 atom stereocenters. The molecular weight excluding hydrogens is 2470 g/mol. The number of rotatable bonds is 26. The van der Waals surface area contributed by atoms with Crippen LogP contribution >= 0.6 is 0 Å². The van der Waals surface area contributed by atoms with Gasteiger partial charge < -0.3 is 18.3 Å². The maximum absolute atomic E-state index is 4.87. The van der Waals surface area contributed by atoms with Crippen LogP contribution in [0.15, 0.2) is 280 Å². The summed E-state index contributed by atoms with van der Waals surface area (Å²) in [7, 11) is 0. The Hall–Kier alpha value is -9.92. The van der Waals surface area contributed by atoms with Crippen molar-refractivity contribution in [3.63, 3.8) is 0 Å². The Kier molecular flexibility index (Phi) is 40.6. The largest absolute Gasteiger partial charge is 0.340 e. The first kappa shape index (κ1) is 111. The molecular formula is C132H148Ir4N8-4. The van der Waals surface area contributed by atoms with Gasteiger partial charge in [-0.05, 0) is 313 Å². The van der Waals surface area contributed by atoms with Crippen LogP contribution in [0.2, 0.25) is 0 Å². The summed E-state index contributed by atoms with van der Waals surface area (Å²) in [5, 5.41) is 0. The van der Waals surface area contributed by atoms with Gasteiger partial charge in [-0.1, -0.05) is 254 Å². The molecule has 0 unspecified atom stereocenters.